The van der Waals surface area contributed by atoms with Crippen molar-refractivity contribution in [2.75, 3.05) is 23.9 Å². The molecule has 4 nitrogen and oxygen atoms in total. The number of nitrogens with zero attached hydrogens (tertiary/aromatic N) is 2. The first-order valence-electron chi connectivity index (χ1n) is 4.01. The highest BCUT2D eigenvalue weighted by atomic mass is 32.2. The molecule has 0 aliphatic rings. The predicted molar refractivity (Wildman–Crippen MR) is 54.2 cm³/mol. The van der Waals surface area contributed by atoms with Crippen LogP contribution in [0.5, 0.6) is 0 Å². The first kappa shape index (κ1) is 10.1. The van der Waals surface area contributed by atoms with Crippen LogP contribution in [0.3, 0.4) is 0 Å². The highest BCUT2D eigenvalue weighted by Gasteiger charge is 1.98. The molecule has 0 fully saturated rings. The average molecular weight is 199 g/mol. The second-order valence-electron chi connectivity index (χ2n) is 2.69. The molecule has 1 atom stereocenters. The van der Waals surface area contributed by atoms with Gasteiger partial charge in [-0.1, -0.05) is 0 Å². The Kier molecular flexibility index (Phi) is 3.82. The fourth-order valence-electron chi connectivity index (χ4n) is 0.894. The molecule has 0 radical (unpaired) electrons. The Bertz CT molecular complexity index is 303. The summed E-state index contributed by atoms with van der Waals surface area (Å²) in [6.07, 6.45) is 4.97. The van der Waals surface area contributed by atoms with Gasteiger partial charge in [-0.15, -0.1) is 0 Å². The second-order valence-corrected chi connectivity index (χ2v) is 4.25. The molecule has 1 heterocycles. The maximum Gasteiger partial charge on any atom is 0.147 e. The fraction of sp³-hybridized carbons (Fsp3) is 0.500. The van der Waals surface area contributed by atoms with Crippen LogP contribution in [0, 0.1) is 6.92 Å². The molecular weight excluding hydrogens is 186 g/mol. The lowest BCUT2D eigenvalue weighted by Gasteiger charge is -2.05. The van der Waals surface area contributed by atoms with Gasteiger partial charge in [0, 0.05) is 41.7 Å². The van der Waals surface area contributed by atoms with Crippen LogP contribution in [-0.4, -0.2) is 32.7 Å². The van der Waals surface area contributed by atoms with Gasteiger partial charge < -0.3 is 5.32 Å². The molecule has 0 aliphatic carbocycles. The summed E-state index contributed by atoms with van der Waals surface area (Å²) in [5, 5.41) is 3.08. The lowest BCUT2D eigenvalue weighted by Crippen LogP contribution is -2.11. The lowest BCUT2D eigenvalue weighted by molar-refractivity contribution is 0.687. The zero-order valence-electron chi connectivity index (χ0n) is 7.78. The van der Waals surface area contributed by atoms with E-state index < -0.39 is 10.8 Å². The van der Waals surface area contributed by atoms with Crippen LogP contribution >= 0.6 is 0 Å². The summed E-state index contributed by atoms with van der Waals surface area (Å²) < 4.78 is 10.8. The Morgan fingerprint density at radius 2 is 2.15 bits per heavy atom. The number of anilines is 1. The van der Waals surface area contributed by atoms with Crippen LogP contribution in [0.4, 0.5) is 5.82 Å². The molecule has 5 heteroatoms. The Balaban J connectivity index is 2.45. The van der Waals surface area contributed by atoms with E-state index in [1.165, 1.54) is 0 Å². The molecule has 1 rings (SSSR count). The highest BCUT2D eigenvalue weighted by molar-refractivity contribution is 7.84. The van der Waals surface area contributed by atoms with Crippen molar-refractivity contribution in [2.24, 2.45) is 0 Å². The molecule has 0 saturated heterocycles. The van der Waals surface area contributed by atoms with E-state index in [9.17, 15) is 4.21 Å². The molecule has 1 unspecified atom stereocenters. The maximum absolute atomic E-state index is 10.8. The molecule has 0 bridgehead atoms. The predicted octanol–water partition coefficient (Wildman–Crippen LogP) is 0.575. The van der Waals surface area contributed by atoms with Crippen LogP contribution < -0.4 is 5.32 Å². The van der Waals surface area contributed by atoms with Crippen molar-refractivity contribution in [3.63, 3.8) is 0 Å². The maximum atomic E-state index is 10.8. The summed E-state index contributed by atoms with van der Waals surface area (Å²) in [7, 11) is -0.757. The van der Waals surface area contributed by atoms with Crippen LogP contribution in [-0.2, 0) is 10.8 Å². The van der Waals surface area contributed by atoms with Gasteiger partial charge >= 0.3 is 0 Å². The third-order valence-corrected chi connectivity index (χ3v) is 2.34. The van der Waals surface area contributed by atoms with Gasteiger partial charge in [0.25, 0.3) is 0 Å². The fourth-order valence-corrected chi connectivity index (χ4v) is 1.28. The van der Waals surface area contributed by atoms with Crippen molar-refractivity contribution in [3.8, 4) is 0 Å². The van der Waals surface area contributed by atoms with Gasteiger partial charge in [-0.25, -0.2) is 4.98 Å². The molecule has 0 aromatic carbocycles. The number of hydrogen-bond acceptors (Lipinski definition) is 4. The SMILES string of the molecule is Cc1nccnc1NCCS(C)=O. The Morgan fingerprint density at radius 1 is 1.46 bits per heavy atom. The number of hydrogen-bond donors (Lipinski definition) is 1. The van der Waals surface area contributed by atoms with Gasteiger partial charge in [-0.2, -0.15) is 0 Å². The van der Waals surface area contributed by atoms with Crippen LogP contribution in [0.25, 0.3) is 0 Å². The van der Waals surface area contributed by atoms with E-state index in [2.05, 4.69) is 15.3 Å². The van der Waals surface area contributed by atoms with Gasteiger partial charge in [0.05, 0.1) is 5.69 Å². The van der Waals surface area contributed by atoms with E-state index >= 15 is 0 Å². The van der Waals surface area contributed by atoms with Crippen molar-refractivity contribution in [1.29, 1.82) is 0 Å². The minimum atomic E-state index is -0.757. The quantitative estimate of drug-likeness (QED) is 0.770. The van der Waals surface area contributed by atoms with Crippen LogP contribution in [0.2, 0.25) is 0 Å². The zero-order valence-corrected chi connectivity index (χ0v) is 8.60. The Morgan fingerprint density at radius 3 is 2.77 bits per heavy atom. The molecule has 0 amide bonds. The van der Waals surface area contributed by atoms with E-state index in [0.29, 0.717) is 12.3 Å². The summed E-state index contributed by atoms with van der Waals surface area (Å²) in [5.74, 6) is 1.41. The molecule has 0 aliphatic heterocycles. The third-order valence-electron chi connectivity index (χ3n) is 1.56. The molecule has 0 spiro atoms. The summed E-state index contributed by atoms with van der Waals surface area (Å²) in [4.78, 5) is 8.18. The molecule has 1 aromatic rings. The molecule has 0 saturated carbocycles. The van der Waals surface area contributed by atoms with Gasteiger partial charge in [-0.3, -0.25) is 9.19 Å². The van der Waals surface area contributed by atoms with Crippen molar-refractivity contribution in [3.05, 3.63) is 18.1 Å². The molecule has 13 heavy (non-hydrogen) atoms. The van der Waals surface area contributed by atoms with E-state index in [1.54, 1.807) is 18.6 Å². The van der Waals surface area contributed by atoms with E-state index in [1.807, 2.05) is 6.92 Å². The normalized spacial score (nSPS) is 12.5. The number of aromatic nitrogens is 2. The van der Waals surface area contributed by atoms with Crippen LogP contribution in [0.15, 0.2) is 12.4 Å². The van der Waals surface area contributed by atoms with E-state index in [-0.39, 0.29) is 0 Å². The number of rotatable bonds is 4. The zero-order chi connectivity index (χ0) is 9.68. The highest BCUT2D eigenvalue weighted by Crippen LogP contribution is 2.04. The number of nitrogens with one attached hydrogen (secondary N) is 1. The lowest BCUT2D eigenvalue weighted by atomic mass is 10.4. The Labute approximate surface area is 80.3 Å². The standard InChI is InChI=1S/C8H13N3OS/c1-7-8(10-4-3-9-7)11-5-6-13(2)12/h3-4H,5-6H2,1-2H3,(H,10,11). The molecule has 1 aromatic heterocycles. The summed E-state index contributed by atoms with van der Waals surface area (Å²) >= 11 is 0. The summed E-state index contributed by atoms with van der Waals surface area (Å²) in [6, 6.07) is 0. The van der Waals surface area contributed by atoms with Crippen molar-refractivity contribution in [2.45, 2.75) is 6.92 Å². The van der Waals surface area contributed by atoms with Crippen molar-refractivity contribution in [1.82, 2.24) is 9.97 Å². The van der Waals surface area contributed by atoms with Crippen molar-refractivity contribution < 1.29 is 4.21 Å². The van der Waals surface area contributed by atoms with Gasteiger partial charge in [-0.05, 0) is 6.92 Å². The minimum absolute atomic E-state index is 0.635. The first-order chi connectivity index (χ1) is 6.20. The van der Waals surface area contributed by atoms with Gasteiger partial charge in [0.15, 0.2) is 0 Å². The largest absolute Gasteiger partial charge is 0.368 e. The molecule has 1 N–H and O–H groups in total. The molecular formula is C8H13N3OS. The Hall–Kier alpha value is -0.970. The number of aryl methyl sites for hydroxylation is 1. The third kappa shape index (κ3) is 3.50. The van der Waals surface area contributed by atoms with E-state index in [0.717, 1.165) is 11.5 Å². The van der Waals surface area contributed by atoms with Gasteiger partial charge in [0.2, 0.25) is 0 Å². The second kappa shape index (κ2) is 4.91. The average Bonchev–Trinajstić information content (AvgIpc) is 2.08. The smallest absolute Gasteiger partial charge is 0.147 e. The minimum Gasteiger partial charge on any atom is -0.368 e. The summed E-state index contributed by atoms with van der Waals surface area (Å²) in [5.41, 5.74) is 0.865. The first-order valence-corrected chi connectivity index (χ1v) is 5.74. The topological polar surface area (TPSA) is 54.9 Å². The van der Waals surface area contributed by atoms with E-state index in [4.69, 9.17) is 0 Å². The molecule has 72 valence electrons. The van der Waals surface area contributed by atoms with Gasteiger partial charge in [0.1, 0.15) is 5.82 Å². The monoisotopic (exact) mass is 199 g/mol. The van der Waals surface area contributed by atoms with Crippen molar-refractivity contribution >= 4 is 16.6 Å². The summed E-state index contributed by atoms with van der Waals surface area (Å²) in [6.45, 7) is 2.56. The van der Waals surface area contributed by atoms with Crippen LogP contribution in [0.1, 0.15) is 5.69 Å².